The van der Waals surface area contributed by atoms with Gasteiger partial charge in [-0.3, -0.25) is 0 Å². The van der Waals surface area contributed by atoms with E-state index in [9.17, 15) is 8.78 Å². The molecule has 0 fully saturated rings. The van der Waals surface area contributed by atoms with E-state index in [1.807, 2.05) is 37.4 Å². The van der Waals surface area contributed by atoms with E-state index in [0.29, 0.717) is 12.2 Å². The molecule has 0 saturated carbocycles. The molecule has 20 heavy (non-hydrogen) atoms. The third-order valence-corrected chi connectivity index (χ3v) is 3.37. The monoisotopic (exact) mass is 295 g/mol. The van der Waals surface area contributed by atoms with Crippen LogP contribution in [0.3, 0.4) is 0 Å². The van der Waals surface area contributed by atoms with Crippen LogP contribution in [0.25, 0.3) is 0 Å². The molecule has 106 valence electrons. The van der Waals surface area contributed by atoms with Gasteiger partial charge in [-0.15, -0.1) is 11.8 Å². The predicted octanol–water partition coefficient (Wildman–Crippen LogP) is 4.26. The summed E-state index contributed by atoms with van der Waals surface area (Å²) in [6.45, 7) is 2.33. The standard InChI is InChI=1S/C14H15F2N3S/c1-3-17-13-11(15)8-12(16)14(19-13)18-9-4-6-10(20-2)7-5-9/h4-8H,3H2,1-2H3,(H2,17,18,19). The van der Waals surface area contributed by atoms with Gasteiger partial charge in [0.2, 0.25) is 0 Å². The second-order valence-corrected chi connectivity index (χ2v) is 4.91. The molecule has 0 aliphatic carbocycles. The number of rotatable bonds is 5. The summed E-state index contributed by atoms with van der Waals surface area (Å²) in [5, 5.41) is 5.60. The number of hydrogen-bond acceptors (Lipinski definition) is 4. The highest BCUT2D eigenvalue weighted by Gasteiger charge is 2.11. The minimum atomic E-state index is -0.724. The van der Waals surface area contributed by atoms with Crippen LogP contribution in [0.2, 0.25) is 0 Å². The fraction of sp³-hybridized carbons (Fsp3) is 0.214. The lowest BCUT2D eigenvalue weighted by Gasteiger charge is -2.10. The summed E-state index contributed by atoms with van der Waals surface area (Å²) in [6, 6.07) is 8.30. The van der Waals surface area contributed by atoms with Gasteiger partial charge in [0.1, 0.15) is 0 Å². The van der Waals surface area contributed by atoms with Crippen LogP contribution in [0, 0.1) is 11.6 Å². The van der Waals surface area contributed by atoms with Crippen molar-refractivity contribution in [1.29, 1.82) is 0 Å². The van der Waals surface area contributed by atoms with Gasteiger partial charge in [-0.1, -0.05) is 0 Å². The van der Waals surface area contributed by atoms with Crippen LogP contribution in [0.5, 0.6) is 0 Å². The Kier molecular flexibility index (Phi) is 4.79. The maximum atomic E-state index is 13.7. The van der Waals surface area contributed by atoms with Gasteiger partial charge in [-0.05, 0) is 37.4 Å². The summed E-state index contributed by atoms with van der Waals surface area (Å²) in [4.78, 5) is 5.03. The number of nitrogens with one attached hydrogen (secondary N) is 2. The highest BCUT2D eigenvalue weighted by Crippen LogP contribution is 2.24. The summed E-state index contributed by atoms with van der Waals surface area (Å²) in [5.41, 5.74) is 0.697. The predicted molar refractivity (Wildman–Crippen MR) is 79.8 cm³/mol. The highest BCUT2D eigenvalue weighted by molar-refractivity contribution is 7.98. The number of pyridine rings is 1. The van der Waals surface area contributed by atoms with Crippen LogP contribution in [-0.2, 0) is 0 Å². The van der Waals surface area contributed by atoms with Gasteiger partial charge in [-0.2, -0.15) is 0 Å². The zero-order chi connectivity index (χ0) is 14.5. The molecule has 2 N–H and O–H groups in total. The van der Waals surface area contributed by atoms with Crippen LogP contribution < -0.4 is 10.6 Å². The molecule has 0 spiro atoms. The first kappa shape index (κ1) is 14.6. The fourth-order valence-electron chi connectivity index (χ4n) is 1.66. The Balaban J connectivity index is 2.25. The topological polar surface area (TPSA) is 37.0 Å². The average Bonchev–Trinajstić information content (AvgIpc) is 2.45. The molecule has 0 amide bonds. The van der Waals surface area contributed by atoms with Crippen LogP contribution in [0.15, 0.2) is 35.2 Å². The van der Waals surface area contributed by atoms with Crippen molar-refractivity contribution in [3.63, 3.8) is 0 Å². The van der Waals surface area contributed by atoms with Crippen molar-refractivity contribution < 1.29 is 8.78 Å². The van der Waals surface area contributed by atoms with Gasteiger partial charge in [-0.25, -0.2) is 13.8 Å². The molecular weight excluding hydrogens is 280 g/mol. The van der Waals surface area contributed by atoms with Gasteiger partial charge in [0, 0.05) is 23.2 Å². The molecule has 2 aromatic rings. The van der Waals surface area contributed by atoms with Crippen LogP contribution in [0.4, 0.5) is 26.1 Å². The maximum absolute atomic E-state index is 13.7. The SMILES string of the molecule is CCNc1nc(Nc2ccc(SC)cc2)c(F)cc1F. The number of nitrogens with zero attached hydrogens (tertiary/aromatic N) is 1. The first-order valence-electron chi connectivity index (χ1n) is 6.15. The number of benzene rings is 1. The van der Waals surface area contributed by atoms with E-state index in [1.54, 1.807) is 11.8 Å². The molecule has 1 aromatic carbocycles. The quantitative estimate of drug-likeness (QED) is 0.808. The normalized spacial score (nSPS) is 10.4. The van der Waals surface area contributed by atoms with Gasteiger partial charge >= 0.3 is 0 Å². The molecule has 3 nitrogen and oxygen atoms in total. The lowest BCUT2D eigenvalue weighted by atomic mass is 10.3. The second-order valence-electron chi connectivity index (χ2n) is 4.03. The second kappa shape index (κ2) is 6.56. The largest absolute Gasteiger partial charge is 0.368 e. The zero-order valence-corrected chi connectivity index (χ0v) is 12.0. The molecule has 0 unspecified atom stereocenters. The van der Waals surface area contributed by atoms with Crippen molar-refractivity contribution in [1.82, 2.24) is 4.98 Å². The Morgan fingerprint density at radius 2 is 1.75 bits per heavy atom. The molecule has 0 radical (unpaired) electrons. The van der Waals surface area contributed by atoms with Crippen molar-refractivity contribution in [2.45, 2.75) is 11.8 Å². The van der Waals surface area contributed by atoms with Crippen LogP contribution >= 0.6 is 11.8 Å². The van der Waals surface area contributed by atoms with Gasteiger partial charge in [0.15, 0.2) is 23.3 Å². The Morgan fingerprint density at radius 1 is 1.10 bits per heavy atom. The lowest BCUT2D eigenvalue weighted by Crippen LogP contribution is -2.06. The van der Waals surface area contributed by atoms with E-state index in [4.69, 9.17) is 0 Å². The van der Waals surface area contributed by atoms with E-state index in [-0.39, 0.29) is 11.6 Å². The maximum Gasteiger partial charge on any atom is 0.169 e. The first-order chi connectivity index (χ1) is 9.63. The Morgan fingerprint density at radius 3 is 2.35 bits per heavy atom. The Bertz CT molecular complexity index is 588. The van der Waals surface area contributed by atoms with Crippen molar-refractivity contribution in [2.75, 3.05) is 23.4 Å². The van der Waals surface area contributed by atoms with Crippen LogP contribution in [0.1, 0.15) is 6.92 Å². The van der Waals surface area contributed by atoms with Gasteiger partial charge in [0.05, 0.1) is 0 Å². The molecule has 0 saturated heterocycles. The van der Waals surface area contributed by atoms with E-state index in [1.165, 1.54) is 0 Å². The summed E-state index contributed by atoms with van der Waals surface area (Å²) in [6.07, 6.45) is 1.98. The number of anilines is 3. The molecule has 1 heterocycles. The van der Waals surface area contributed by atoms with Crippen molar-refractivity contribution in [3.8, 4) is 0 Å². The molecule has 1 aromatic heterocycles. The summed E-state index contributed by atoms with van der Waals surface area (Å²) in [5.74, 6) is -1.39. The molecule has 0 aliphatic heterocycles. The molecule has 0 atom stereocenters. The molecular formula is C14H15F2N3S. The number of hydrogen-bond donors (Lipinski definition) is 2. The fourth-order valence-corrected chi connectivity index (χ4v) is 2.06. The third kappa shape index (κ3) is 3.39. The van der Waals surface area contributed by atoms with Gasteiger partial charge in [0.25, 0.3) is 0 Å². The van der Waals surface area contributed by atoms with Gasteiger partial charge < -0.3 is 10.6 Å². The molecule has 0 aliphatic rings. The molecule has 2 rings (SSSR count). The smallest absolute Gasteiger partial charge is 0.169 e. The average molecular weight is 295 g/mol. The Labute approximate surface area is 120 Å². The summed E-state index contributed by atoms with van der Waals surface area (Å²) < 4.78 is 27.2. The molecule has 0 bridgehead atoms. The van der Waals surface area contributed by atoms with Crippen molar-refractivity contribution in [3.05, 3.63) is 42.0 Å². The molecule has 6 heteroatoms. The Hall–Kier alpha value is -1.82. The minimum Gasteiger partial charge on any atom is -0.368 e. The van der Waals surface area contributed by atoms with Crippen LogP contribution in [-0.4, -0.2) is 17.8 Å². The van der Waals surface area contributed by atoms with E-state index in [0.717, 1.165) is 11.0 Å². The zero-order valence-electron chi connectivity index (χ0n) is 11.2. The first-order valence-corrected chi connectivity index (χ1v) is 7.37. The number of aromatic nitrogens is 1. The van der Waals surface area contributed by atoms with E-state index >= 15 is 0 Å². The van der Waals surface area contributed by atoms with Crippen molar-refractivity contribution in [2.24, 2.45) is 0 Å². The number of thioether (sulfide) groups is 1. The summed E-state index contributed by atoms with van der Waals surface area (Å²) in [7, 11) is 0. The van der Waals surface area contributed by atoms with Crippen molar-refractivity contribution >= 4 is 29.1 Å². The third-order valence-electron chi connectivity index (χ3n) is 2.63. The number of halogens is 2. The minimum absolute atomic E-state index is 0.000693. The van der Waals surface area contributed by atoms with E-state index in [2.05, 4.69) is 15.6 Å². The highest BCUT2D eigenvalue weighted by atomic mass is 32.2. The van der Waals surface area contributed by atoms with E-state index < -0.39 is 11.6 Å². The lowest BCUT2D eigenvalue weighted by molar-refractivity contribution is 0.579. The summed E-state index contributed by atoms with van der Waals surface area (Å²) >= 11 is 1.62.